The zero-order valence-electron chi connectivity index (χ0n) is 15.1. The van der Waals surface area contributed by atoms with E-state index in [1.165, 1.54) is 16.8 Å². The maximum atomic E-state index is 11.3. The molecule has 1 aromatic carbocycles. The highest BCUT2D eigenvalue weighted by Crippen LogP contribution is 2.50. The van der Waals surface area contributed by atoms with Gasteiger partial charge in [-0.15, -0.1) is 0 Å². The number of nitrogens with zero attached hydrogens (tertiary/aromatic N) is 5. The molecule has 28 heavy (non-hydrogen) atoms. The molecule has 1 amide bonds. The van der Waals surface area contributed by atoms with Crippen molar-refractivity contribution in [2.75, 3.05) is 24.5 Å². The number of amides is 1. The number of aromatic amines is 1. The van der Waals surface area contributed by atoms with Gasteiger partial charge in [-0.2, -0.15) is 5.26 Å². The molecule has 0 saturated carbocycles. The number of piperidine rings is 1. The van der Waals surface area contributed by atoms with Gasteiger partial charge in [0.25, 0.3) is 0 Å². The molecular weight excluding hydrogens is 356 g/mol. The Morgan fingerprint density at radius 1 is 1.25 bits per heavy atom. The molecule has 1 spiro atoms. The molecule has 2 N–H and O–H groups in total. The summed E-state index contributed by atoms with van der Waals surface area (Å²) in [6, 6.07) is 10.4. The fourth-order valence-electron chi connectivity index (χ4n) is 4.61. The summed E-state index contributed by atoms with van der Waals surface area (Å²) < 4.78 is 0. The quantitative estimate of drug-likeness (QED) is 0.678. The van der Waals surface area contributed by atoms with Crippen molar-refractivity contribution in [2.45, 2.75) is 18.3 Å². The average Bonchev–Trinajstić information content (AvgIpc) is 3.28. The summed E-state index contributed by atoms with van der Waals surface area (Å²) in [5.41, 5.74) is 3.32. The Morgan fingerprint density at radius 3 is 2.79 bits per heavy atom. The van der Waals surface area contributed by atoms with Crippen LogP contribution >= 0.6 is 0 Å². The van der Waals surface area contributed by atoms with E-state index in [0.29, 0.717) is 36.7 Å². The number of nitriles is 1. The molecule has 8 nitrogen and oxygen atoms in total. The van der Waals surface area contributed by atoms with E-state index in [0.717, 1.165) is 23.9 Å². The molecule has 2 aliphatic rings. The van der Waals surface area contributed by atoms with Crippen LogP contribution in [0.1, 0.15) is 24.0 Å². The fraction of sp³-hybridized carbons (Fsp3) is 0.300. The van der Waals surface area contributed by atoms with Gasteiger partial charge in [-0.3, -0.25) is 0 Å². The van der Waals surface area contributed by atoms with Crippen molar-refractivity contribution >= 4 is 28.6 Å². The monoisotopic (exact) mass is 374 g/mol. The number of anilines is 2. The van der Waals surface area contributed by atoms with Crippen LogP contribution in [0.3, 0.4) is 0 Å². The Balaban J connectivity index is 1.62. The van der Waals surface area contributed by atoms with Gasteiger partial charge in [-0.25, -0.2) is 14.8 Å². The highest BCUT2D eigenvalue weighted by Gasteiger charge is 2.46. The molecule has 2 aliphatic heterocycles. The SMILES string of the molecule is N#Cc1c[nH]c2ncnc(N3CC4(CCN(C(=O)O)CC4)c4ccccc43)c12. The van der Waals surface area contributed by atoms with E-state index in [1.807, 2.05) is 12.1 Å². The molecule has 0 aliphatic carbocycles. The molecule has 140 valence electrons. The molecule has 3 aromatic rings. The molecule has 0 radical (unpaired) electrons. The van der Waals surface area contributed by atoms with Crippen LogP contribution in [0.4, 0.5) is 16.3 Å². The second-order valence-corrected chi connectivity index (χ2v) is 7.39. The zero-order valence-corrected chi connectivity index (χ0v) is 15.1. The number of H-pyrrole nitrogens is 1. The first-order chi connectivity index (χ1) is 13.6. The van der Waals surface area contributed by atoms with Gasteiger partial charge >= 0.3 is 6.09 Å². The van der Waals surface area contributed by atoms with Crippen LogP contribution in [0.15, 0.2) is 36.8 Å². The average molecular weight is 374 g/mol. The van der Waals surface area contributed by atoms with E-state index in [-0.39, 0.29) is 5.41 Å². The number of carbonyl (C=O) groups is 1. The van der Waals surface area contributed by atoms with Crippen molar-refractivity contribution in [1.82, 2.24) is 19.9 Å². The van der Waals surface area contributed by atoms with Crippen LogP contribution in [-0.2, 0) is 5.41 Å². The van der Waals surface area contributed by atoms with Gasteiger partial charge in [-0.1, -0.05) is 18.2 Å². The number of para-hydroxylation sites is 1. The van der Waals surface area contributed by atoms with Crippen LogP contribution in [0.25, 0.3) is 11.0 Å². The van der Waals surface area contributed by atoms with Gasteiger partial charge in [0.1, 0.15) is 23.9 Å². The number of nitrogens with one attached hydrogen (secondary N) is 1. The Bertz CT molecular complexity index is 1120. The smallest absolute Gasteiger partial charge is 0.407 e. The van der Waals surface area contributed by atoms with Crippen LogP contribution in [0, 0.1) is 11.3 Å². The van der Waals surface area contributed by atoms with Crippen molar-refractivity contribution in [2.24, 2.45) is 0 Å². The second-order valence-electron chi connectivity index (χ2n) is 7.39. The molecule has 4 heterocycles. The van der Waals surface area contributed by atoms with E-state index in [2.05, 4.69) is 38.1 Å². The molecule has 0 atom stereocenters. The summed E-state index contributed by atoms with van der Waals surface area (Å²) >= 11 is 0. The molecule has 0 bridgehead atoms. The Morgan fingerprint density at radius 2 is 2.04 bits per heavy atom. The molecule has 1 fully saturated rings. The van der Waals surface area contributed by atoms with Crippen molar-refractivity contribution in [1.29, 1.82) is 5.26 Å². The van der Waals surface area contributed by atoms with Gasteiger partial charge in [0, 0.05) is 36.9 Å². The first-order valence-corrected chi connectivity index (χ1v) is 9.20. The van der Waals surface area contributed by atoms with Crippen molar-refractivity contribution in [3.05, 3.63) is 47.9 Å². The highest BCUT2D eigenvalue weighted by atomic mass is 16.4. The second kappa shape index (κ2) is 5.96. The Hall–Kier alpha value is -3.60. The van der Waals surface area contributed by atoms with Crippen LogP contribution < -0.4 is 4.90 Å². The van der Waals surface area contributed by atoms with Gasteiger partial charge in [0.15, 0.2) is 0 Å². The number of hydrogen-bond donors (Lipinski definition) is 2. The van der Waals surface area contributed by atoms with Crippen molar-refractivity contribution in [3.8, 4) is 6.07 Å². The zero-order chi connectivity index (χ0) is 19.3. The number of fused-ring (bicyclic) bond motifs is 3. The van der Waals surface area contributed by atoms with E-state index in [4.69, 9.17) is 0 Å². The molecule has 8 heteroatoms. The lowest BCUT2D eigenvalue weighted by atomic mass is 9.74. The summed E-state index contributed by atoms with van der Waals surface area (Å²) in [6.45, 7) is 1.75. The topological polar surface area (TPSA) is 109 Å². The summed E-state index contributed by atoms with van der Waals surface area (Å²) in [6.07, 6.45) is 3.84. The predicted molar refractivity (Wildman–Crippen MR) is 103 cm³/mol. The maximum Gasteiger partial charge on any atom is 0.407 e. The first-order valence-electron chi connectivity index (χ1n) is 9.20. The number of aromatic nitrogens is 3. The van der Waals surface area contributed by atoms with Gasteiger partial charge in [0.2, 0.25) is 0 Å². The number of carboxylic acid groups (broad SMARTS) is 1. The molecule has 2 aromatic heterocycles. The summed E-state index contributed by atoms with van der Waals surface area (Å²) in [5.74, 6) is 0.716. The summed E-state index contributed by atoms with van der Waals surface area (Å²) in [4.78, 5) is 26.8. The number of rotatable bonds is 1. The van der Waals surface area contributed by atoms with Crippen molar-refractivity contribution < 1.29 is 9.90 Å². The number of likely N-dealkylation sites (tertiary alicyclic amines) is 1. The number of hydrogen-bond acceptors (Lipinski definition) is 5. The minimum atomic E-state index is -0.860. The summed E-state index contributed by atoms with van der Waals surface area (Å²) in [5, 5.41) is 19.5. The van der Waals surface area contributed by atoms with E-state index < -0.39 is 6.09 Å². The third-order valence-electron chi connectivity index (χ3n) is 6.04. The normalized spacial score (nSPS) is 17.7. The largest absolute Gasteiger partial charge is 0.465 e. The predicted octanol–water partition coefficient (Wildman–Crippen LogP) is 2.99. The minimum Gasteiger partial charge on any atom is -0.465 e. The minimum absolute atomic E-state index is 0.122. The third-order valence-corrected chi connectivity index (χ3v) is 6.04. The Labute approximate surface area is 161 Å². The lowest BCUT2D eigenvalue weighted by Crippen LogP contribution is -2.46. The fourth-order valence-corrected chi connectivity index (χ4v) is 4.61. The van der Waals surface area contributed by atoms with E-state index in [9.17, 15) is 15.2 Å². The van der Waals surface area contributed by atoms with Crippen molar-refractivity contribution in [3.63, 3.8) is 0 Å². The van der Waals surface area contributed by atoms with Crippen LogP contribution in [-0.4, -0.2) is 50.7 Å². The first kappa shape index (κ1) is 16.6. The van der Waals surface area contributed by atoms with Gasteiger partial charge < -0.3 is 19.9 Å². The van der Waals surface area contributed by atoms with Crippen LogP contribution in [0.5, 0.6) is 0 Å². The lowest BCUT2D eigenvalue weighted by molar-refractivity contribution is 0.119. The molecular formula is C20H18N6O2. The molecule has 1 saturated heterocycles. The Kier molecular flexibility index (Phi) is 3.52. The molecule has 5 rings (SSSR count). The highest BCUT2D eigenvalue weighted by molar-refractivity contribution is 5.95. The number of benzene rings is 1. The van der Waals surface area contributed by atoms with E-state index >= 15 is 0 Å². The third kappa shape index (κ3) is 2.26. The van der Waals surface area contributed by atoms with E-state index in [1.54, 1.807) is 6.20 Å². The van der Waals surface area contributed by atoms with Gasteiger partial charge in [-0.05, 0) is 24.5 Å². The van der Waals surface area contributed by atoms with Gasteiger partial charge in [0.05, 0.1) is 10.9 Å². The molecule has 0 unspecified atom stereocenters. The van der Waals surface area contributed by atoms with Crippen LogP contribution in [0.2, 0.25) is 0 Å². The standard InChI is InChI=1S/C20H18N6O2/c21-9-13-10-22-17-16(13)18(24-12-23-17)26-11-20(14-3-1-2-4-15(14)26)5-7-25(8-6-20)19(27)28/h1-4,10,12H,5-8,11H2,(H,27,28)(H,22,23,24). The lowest BCUT2D eigenvalue weighted by Gasteiger charge is -2.38. The summed E-state index contributed by atoms with van der Waals surface area (Å²) in [7, 11) is 0. The maximum absolute atomic E-state index is 11.3.